The standard InChI is InChI=1S/C10H16N2O2/c1-3-8(4-2)12-10(13)9-7-11-5-6-14-9/h1,8-9,11H,4-7H2,2H3,(H,12,13). The van der Waals surface area contributed by atoms with E-state index in [0.717, 1.165) is 13.0 Å². The first-order valence-electron chi connectivity index (χ1n) is 4.86. The molecule has 78 valence electrons. The van der Waals surface area contributed by atoms with Crippen LogP contribution in [0.25, 0.3) is 0 Å². The number of nitrogens with one attached hydrogen (secondary N) is 2. The molecule has 1 heterocycles. The zero-order valence-electron chi connectivity index (χ0n) is 8.38. The maximum Gasteiger partial charge on any atom is 0.251 e. The van der Waals surface area contributed by atoms with Gasteiger partial charge >= 0.3 is 0 Å². The fraction of sp³-hybridized carbons (Fsp3) is 0.700. The molecule has 1 aliphatic rings. The molecular formula is C10H16N2O2. The van der Waals surface area contributed by atoms with Gasteiger partial charge in [-0.1, -0.05) is 12.8 Å². The van der Waals surface area contributed by atoms with Crippen molar-refractivity contribution in [2.24, 2.45) is 0 Å². The van der Waals surface area contributed by atoms with E-state index in [1.807, 2.05) is 6.92 Å². The second kappa shape index (κ2) is 5.63. The minimum absolute atomic E-state index is 0.123. The first-order valence-corrected chi connectivity index (χ1v) is 4.86. The number of carbonyl (C=O) groups is 1. The molecule has 0 aromatic carbocycles. The van der Waals surface area contributed by atoms with E-state index in [2.05, 4.69) is 16.6 Å². The highest BCUT2D eigenvalue weighted by atomic mass is 16.5. The number of rotatable bonds is 3. The highest BCUT2D eigenvalue weighted by Crippen LogP contribution is 1.97. The van der Waals surface area contributed by atoms with Crippen LogP contribution in [0.3, 0.4) is 0 Å². The molecule has 14 heavy (non-hydrogen) atoms. The third-order valence-electron chi connectivity index (χ3n) is 2.15. The molecule has 2 N–H and O–H groups in total. The van der Waals surface area contributed by atoms with Gasteiger partial charge in [-0.05, 0) is 6.42 Å². The minimum atomic E-state index is -0.397. The van der Waals surface area contributed by atoms with Crippen molar-refractivity contribution < 1.29 is 9.53 Å². The van der Waals surface area contributed by atoms with Gasteiger partial charge < -0.3 is 15.4 Å². The van der Waals surface area contributed by atoms with E-state index >= 15 is 0 Å². The van der Waals surface area contributed by atoms with Gasteiger partial charge in [-0.2, -0.15) is 0 Å². The molecule has 1 saturated heterocycles. The number of hydrogen-bond donors (Lipinski definition) is 2. The molecule has 2 unspecified atom stereocenters. The predicted molar refractivity (Wildman–Crippen MR) is 53.7 cm³/mol. The van der Waals surface area contributed by atoms with Crippen molar-refractivity contribution in [3.05, 3.63) is 0 Å². The number of carbonyl (C=O) groups excluding carboxylic acids is 1. The summed E-state index contributed by atoms with van der Waals surface area (Å²) in [5, 5.41) is 5.83. The van der Waals surface area contributed by atoms with Gasteiger partial charge in [-0.25, -0.2) is 0 Å². The molecule has 0 saturated carbocycles. The molecule has 0 aromatic heterocycles. The second-order valence-corrected chi connectivity index (χ2v) is 3.20. The van der Waals surface area contributed by atoms with Crippen molar-refractivity contribution in [1.29, 1.82) is 0 Å². The van der Waals surface area contributed by atoms with Crippen LogP contribution < -0.4 is 10.6 Å². The summed E-state index contributed by atoms with van der Waals surface area (Å²) in [4.78, 5) is 11.6. The van der Waals surface area contributed by atoms with Crippen LogP contribution in [0.1, 0.15) is 13.3 Å². The fourth-order valence-electron chi connectivity index (χ4n) is 1.26. The van der Waals surface area contributed by atoms with Crippen molar-refractivity contribution >= 4 is 5.91 Å². The molecule has 0 aliphatic carbocycles. The van der Waals surface area contributed by atoms with Gasteiger partial charge in [0, 0.05) is 13.1 Å². The normalized spacial score (nSPS) is 23.6. The van der Waals surface area contributed by atoms with Gasteiger partial charge in [-0.15, -0.1) is 6.42 Å². The van der Waals surface area contributed by atoms with Crippen LogP contribution in [-0.4, -0.2) is 37.7 Å². The monoisotopic (exact) mass is 196 g/mol. The van der Waals surface area contributed by atoms with Gasteiger partial charge in [0.2, 0.25) is 0 Å². The Morgan fingerprint density at radius 1 is 1.86 bits per heavy atom. The maximum atomic E-state index is 11.6. The Hall–Kier alpha value is -1.05. The Bertz CT molecular complexity index is 229. The van der Waals surface area contributed by atoms with Crippen molar-refractivity contribution in [3.63, 3.8) is 0 Å². The first-order chi connectivity index (χ1) is 6.77. The quantitative estimate of drug-likeness (QED) is 0.598. The zero-order valence-corrected chi connectivity index (χ0v) is 8.38. The number of amides is 1. The van der Waals surface area contributed by atoms with Crippen LogP contribution >= 0.6 is 0 Å². The Balaban J connectivity index is 2.36. The molecular weight excluding hydrogens is 180 g/mol. The van der Waals surface area contributed by atoms with Gasteiger partial charge in [-0.3, -0.25) is 4.79 Å². The molecule has 0 bridgehead atoms. The second-order valence-electron chi connectivity index (χ2n) is 3.20. The topological polar surface area (TPSA) is 50.4 Å². The molecule has 0 aromatic rings. The zero-order chi connectivity index (χ0) is 10.4. The van der Waals surface area contributed by atoms with Crippen LogP contribution in [0.4, 0.5) is 0 Å². The van der Waals surface area contributed by atoms with Crippen LogP contribution in [-0.2, 0) is 9.53 Å². The lowest BCUT2D eigenvalue weighted by molar-refractivity contribution is -0.134. The molecule has 1 rings (SSSR count). The van der Waals surface area contributed by atoms with Crippen LogP contribution in [0.2, 0.25) is 0 Å². The molecule has 0 radical (unpaired) electrons. The summed E-state index contributed by atoms with van der Waals surface area (Å²) in [7, 11) is 0. The largest absolute Gasteiger partial charge is 0.366 e. The van der Waals surface area contributed by atoms with Gasteiger partial charge in [0.15, 0.2) is 0 Å². The summed E-state index contributed by atoms with van der Waals surface area (Å²) < 4.78 is 5.29. The Morgan fingerprint density at radius 3 is 3.14 bits per heavy atom. The summed E-state index contributed by atoms with van der Waals surface area (Å²) in [5.74, 6) is 2.39. The average Bonchev–Trinajstić information content (AvgIpc) is 2.26. The van der Waals surface area contributed by atoms with E-state index in [9.17, 15) is 4.79 Å². The van der Waals surface area contributed by atoms with E-state index in [0.29, 0.717) is 13.2 Å². The maximum absolute atomic E-state index is 11.6. The van der Waals surface area contributed by atoms with Gasteiger partial charge in [0.05, 0.1) is 12.6 Å². The summed E-state index contributed by atoms with van der Waals surface area (Å²) in [6, 6.07) is -0.187. The van der Waals surface area contributed by atoms with E-state index in [4.69, 9.17) is 11.2 Å². The molecule has 1 amide bonds. The van der Waals surface area contributed by atoms with Crippen LogP contribution in [0.5, 0.6) is 0 Å². The third kappa shape index (κ3) is 3.02. The van der Waals surface area contributed by atoms with Crippen LogP contribution in [0.15, 0.2) is 0 Å². The smallest absolute Gasteiger partial charge is 0.251 e. The summed E-state index contributed by atoms with van der Waals surface area (Å²) >= 11 is 0. The lowest BCUT2D eigenvalue weighted by atomic mass is 10.2. The molecule has 1 fully saturated rings. The van der Waals surface area contributed by atoms with Crippen molar-refractivity contribution in [2.45, 2.75) is 25.5 Å². The molecule has 2 atom stereocenters. The van der Waals surface area contributed by atoms with E-state index in [-0.39, 0.29) is 11.9 Å². The number of morpholine rings is 1. The lowest BCUT2D eigenvalue weighted by Gasteiger charge is -2.23. The Labute approximate surface area is 84.4 Å². The number of terminal acetylenes is 1. The van der Waals surface area contributed by atoms with Crippen molar-refractivity contribution in [1.82, 2.24) is 10.6 Å². The summed E-state index contributed by atoms with van der Waals surface area (Å²) in [6.45, 7) is 3.87. The van der Waals surface area contributed by atoms with E-state index in [1.165, 1.54) is 0 Å². The number of hydrogen-bond acceptors (Lipinski definition) is 3. The SMILES string of the molecule is C#CC(CC)NC(=O)C1CNCCO1. The third-order valence-corrected chi connectivity index (χ3v) is 2.15. The first kappa shape index (κ1) is 11.0. The van der Waals surface area contributed by atoms with Crippen LogP contribution in [0, 0.1) is 12.3 Å². The predicted octanol–water partition coefficient (Wildman–Crippen LogP) is -0.497. The van der Waals surface area contributed by atoms with Crippen molar-refractivity contribution in [2.75, 3.05) is 19.7 Å². The fourth-order valence-corrected chi connectivity index (χ4v) is 1.26. The summed E-state index contributed by atoms with van der Waals surface area (Å²) in [5.41, 5.74) is 0. The molecule has 4 heteroatoms. The average molecular weight is 196 g/mol. The molecule has 0 spiro atoms. The summed E-state index contributed by atoms with van der Waals surface area (Å²) in [6.07, 6.45) is 5.58. The highest BCUT2D eigenvalue weighted by Gasteiger charge is 2.22. The van der Waals surface area contributed by atoms with Gasteiger partial charge in [0.25, 0.3) is 5.91 Å². The number of ether oxygens (including phenoxy) is 1. The minimum Gasteiger partial charge on any atom is -0.366 e. The molecule has 4 nitrogen and oxygen atoms in total. The van der Waals surface area contributed by atoms with E-state index < -0.39 is 6.10 Å². The lowest BCUT2D eigenvalue weighted by Crippen LogP contribution is -2.49. The van der Waals surface area contributed by atoms with Crippen molar-refractivity contribution in [3.8, 4) is 12.3 Å². The highest BCUT2D eigenvalue weighted by molar-refractivity contribution is 5.81. The van der Waals surface area contributed by atoms with Gasteiger partial charge in [0.1, 0.15) is 6.10 Å². The van der Waals surface area contributed by atoms with E-state index in [1.54, 1.807) is 0 Å². The Morgan fingerprint density at radius 2 is 2.64 bits per heavy atom. The molecule has 1 aliphatic heterocycles. The Kier molecular flexibility index (Phi) is 4.44.